The highest BCUT2D eigenvalue weighted by Crippen LogP contribution is 2.19. The van der Waals surface area contributed by atoms with Gasteiger partial charge >= 0.3 is 0 Å². The zero-order valence-electron chi connectivity index (χ0n) is 14.5. The van der Waals surface area contributed by atoms with Crippen LogP contribution in [0.3, 0.4) is 0 Å². The summed E-state index contributed by atoms with van der Waals surface area (Å²) in [6.45, 7) is 7.83. The molecule has 0 bridgehead atoms. The van der Waals surface area contributed by atoms with Crippen LogP contribution < -0.4 is 14.9 Å². The minimum absolute atomic E-state index is 0.101. The summed E-state index contributed by atoms with van der Waals surface area (Å²) >= 11 is 0. The van der Waals surface area contributed by atoms with E-state index in [1.807, 2.05) is 56.3 Å². The molecule has 0 atom stereocenters. The molecule has 2 rings (SSSR count). The van der Waals surface area contributed by atoms with Gasteiger partial charge < -0.3 is 9.47 Å². The third-order valence-corrected chi connectivity index (χ3v) is 3.37. The Hall–Kier alpha value is -3.08. The van der Waals surface area contributed by atoms with E-state index in [0.29, 0.717) is 18.1 Å². The number of ether oxygens (including phenoxy) is 2. The molecule has 0 spiro atoms. The maximum Gasteiger partial charge on any atom is 0.277 e. The van der Waals surface area contributed by atoms with Crippen molar-refractivity contribution in [2.45, 2.75) is 13.8 Å². The molecule has 1 amide bonds. The number of hydrogen-bond acceptors (Lipinski definition) is 4. The summed E-state index contributed by atoms with van der Waals surface area (Å²) in [5.74, 6) is 1.04. The van der Waals surface area contributed by atoms with Crippen LogP contribution in [0.15, 0.2) is 60.2 Å². The highest BCUT2D eigenvalue weighted by atomic mass is 16.5. The first kappa shape index (κ1) is 18.3. The van der Waals surface area contributed by atoms with Crippen LogP contribution in [-0.4, -0.2) is 25.3 Å². The predicted molar refractivity (Wildman–Crippen MR) is 99.3 cm³/mol. The molecular formula is C20H22N2O3. The molecule has 0 fully saturated rings. The van der Waals surface area contributed by atoms with Crippen LogP contribution in [-0.2, 0) is 4.79 Å². The van der Waals surface area contributed by atoms with Crippen molar-refractivity contribution in [2.24, 2.45) is 5.10 Å². The number of carbonyl (C=O) groups is 1. The van der Waals surface area contributed by atoms with E-state index in [9.17, 15) is 4.79 Å². The third kappa shape index (κ3) is 5.80. The number of hydrogen-bond donors (Lipinski definition) is 1. The van der Waals surface area contributed by atoms with Gasteiger partial charge in [0.2, 0.25) is 0 Å². The number of amides is 1. The van der Waals surface area contributed by atoms with E-state index in [0.717, 1.165) is 16.7 Å². The lowest BCUT2D eigenvalue weighted by atomic mass is 10.1. The van der Waals surface area contributed by atoms with Crippen molar-refractivity contribution in [3.05, 3.63) is 71.8 Å². The van der Waals surface area contributed by atoms with E-state index in [1.165, 1.54) is 6.21 Å². The molecule has 0 aliphatic heterocycles. The fourth-order valence-electron chi connectivity index (χ4n) is 2.08. The highest BCUT2D eigenvalue weighted by Gasteiger charge is 2.05. The van der Waals surface area contributed by atoms with Crippen LogP contribution in [0.5, 0.6) is 11.5 Å². The van der Waals surface area contributed by atoms with Crippen LogP contribution in [0.25, 0.3) is 0 Å². The number of nitrogens with one attached hydrogen (secondary N) is 1. The number of hydrazone groups is 1. The summed E-state index contributed by atoms with van der Waals surface area (Å²) in [6, 6.07) is 13.3. The molecule has 0 aliphatic rings. The normalized spacial score (nSPS) is 10.5. The summed E-state index contributed by atoms with van der Waals surface area (Å²) in [6.07, 6.45) is 3.20. The molecular weight excluding hydrogens is 316 g/mol. The molecule has 5 nitrogen and oxygen atoms in total. The Morgan fingerprint density at radius 3 is 2.76 bits per heavy atom. The topological polar surface area (TPSA) is 59.9 Å². The number of aryl methyl sites for hydroxylation is 2. The third-order valence-electron chi connectivity index (χ3n) is 3.37. The first-order valence-electron chi connectivity index (χ1n) is 7.95. The molecule has 5 heteroatoms. The van der Waals surface area contributed by atoms with Crippen molar-refractivity contribution >= 4 is 12.1 Å². The summed E-state index contributed by atoms with van der Waals surface area (Å²) in [7, 11) is 0. The standard InChI is InChI=1S/C20H22N2O3/c1-4-11-24-18-8-6-5-7-17(18)13-21-22-20(23)14-25-19-12-15(2)9-10-16(19)3/h4-10,12-13H,1,11,14H2,2-3H3,(H,22,23). The molecule has 0 saturated heterocycles. The van der Waals surface area contributed by atoms with Crippen LogP contribution in [0.1, 0.15) is 16.7 Å². The highest BCUT2D eigenvalue weighted by molar-refractivity contribution is 5.85. The first-order valence-corrected chi connectivity index (χ1v) is 7.95. The second kappa shape index (κ2) is 9.27. The number of para-hydroxylation sites is 1. The van der Waals surface area contributed by atoms with E-state index in [2.05, 4.69) is 17.1 Å². The minimum atomic E-state index is -0.332. The summed E-state index contributed by atoms with van der Waals surface area (Å²) < 4.78 is 11.1. The number of rotatable bonds is 8. The number of carbonyl (C=O) groups excluding carboxylic acids is 1. The molecule has 0 aliphatic carbocycles. The number of nitrogens with zero attached hydrogens (tertiary/aromatic N) is 1. The van der Waals surface area contributed by atoms with Gasteiger partial charge in [-0.2, -0.15) is 5.10 Å². The smallest absolute Gasteiger partial charge is 0.277 e. The zero-order chi connectivity index (χ0) is 18.1. The molecule has 2 aromatic carbocycles. The average Bonchev–Trinajstić information content (AvgIpc) is 2.61. The van der Waals surface area contributed by atoms with Gasteiger partial charge in [-0.1, -0.05) is 36.9 Å². The van der Waals surface area contributed by atoms with Gasteiger partial charge in [0.1, 0.15) is 18.1 Å². The molecule has 0 saturated carbocycles. The van der Waals surface area contributed by atoms with Crippen LogP contribution in [0.2, 0.25) is 0 Å². The lowest BCUT2D eigenvalue weighted by molar-refractivity contribution is -0.123. The summed E-state index contributed by atoms with van der Waals surface area (Å²) in [5.41, 5.74) is 5.27. The van der Waals surface area contributed by atoms with Crippen molar-refractivity contribution < 1.29 is 14.3 Å². The largest absolute Gasteiger partial charge is 0.489 e. The Balaban J connectivity index is 1.88. The molecule has 1 N–H and O–H groups in total. The van der Waals surface area contributed by atoms with Crippen LogP contribution in [0, 0.1) is 13.8 Å². The van der Waals surface area contributed by atoms with E-state index in [4.69, 9.17) is 9.47 Å². The Kier molecular flexibility index (Phi) is 6.77. The Labute approximate surface area is 148 Å². The van der Waals surface area contributed by atoms with E-state index < -0.39 is 0 Å². The molecule has 0 heterocycles. The monoisotopic (exact) mass is 338 g/mol. The van der Waals surface area contributed by atoms with Gasteiger partial charge in [0, 0.05) is 5.56 Å². The van der Waals surface area contributed by atoms with E-state index in [-0.39, 0.29) is 12.5 Å². The van der Waals surface area contributed by atoms with Crippen molar-refractivity contribution in [1.29, 1.82) is 0 Å². The van der Waals surface area contributed by atoms with Gasteiger partial charge in [-0.15, -0.1) is 0 Å². The molecule has 0 radical (unpaired) electrons. The van der Waals surface area contributed by atoms with Gasteiger partial charge in [-0.05, 0) is 43.2 Å². The second-order valence-electron chi connectivity index (χ2n) is 5.49. The van der Waals surface area contributed by atoms with Crippen LogP contribution in [0.4, 0.5) is 0 Å². The predicted octanol–water partition coefficient (Wildman–Crippen LogP) is 3.40. The Morgan fingerprint density at radius 1 is 1.16 bits per heavy atom. The zero-order valence-corrected chi connectivity index (χ0v) is 14.5. The number of benzene rings is 2. The second-order valence-corrected chi connectivity index (χ2v) is 5.49. The van der Waals surface area contributed by atoms with Crippen molar-refractivity contribution in [3.63, 3.8) is 0 Å². The van der Waals surface area contributed by atoms with Crippen LogP contribution >= 0.6 is 0 Å². The maximum absolute atomic E-state index is 11.9. The quantitative estimate of drug-likeness (QED) is 0.456. The van der Waals surface area contributed by atoms with Crippen molar-refractivity contribution in [1.82, 2.24) is 5.43 Å². The molecule has 2 aromatic rings. The van der Waals surface area contributed by atoms with E-state index >= 15 is 0 Å². The lowest BCUT2D eigenvalue weighted by Gasteiger charge is -2.09. The first-order chi connectivity index (χ1) is 12.1. The SMILES string of the molecule is C=CCOc1ccccc1C=NNC(=O)COc1cc(C)ccc1C. The van der Waals surface area contributed by atoms with Gasteiger partial charge in [-0.25, -0.2) is 5.43 Å². The lowest BCUT2D eigenvalue weighted by Crippen LogP contribution is -2.24. The van der Waals surface area contributed by atoms with Gasteiger partial charge in [0.05, 0.1) is 6.21 Å². The van der Waals surface area contributed by atoms with Gasteiger partial charge in [0.15, 0.2) is 6.61 Å². The Bertz CT molecular complexity index is 769. The summed E-state index contributed by atoms with van der Waals surface area (Å²) in [5, 5.41) is 3.95. The molecule has 25 heavy (non-hydrogen) atoms. The average molecular weight is 338 g/mol. The van der Waals surface area contributed by atoms with E-state index in [1.54, 1.807) is 6.08 Å². The van der Waals surface area contributed by atoms with Crippen molar-refractivity contribution in [2.75, 3.05) is 13.2 Å². The van der Waals surface area contributed by atoms with Gasteiger partial charge in [-0.3, -0.25) is 4.79 Å². The molecule has 0 unspecified atom stereocenters. The molecule has 130 valence electrons. The van der Waals surface area contributed by atoms with Gasteiger partial charge in [0.25, 0.3) is 5.91 Å². The Morgan fingerprint density at radius 2 is 1.96 bits per heavy atom. The summed E-state index contributed by atoms with van der Waals surface area (Å²) in [4.78, 5) is 11.9. The minimum Gasteiger partial charge on any atom is -0.489 e. The maximum atomic E-state index is 11.9. The fraction of sp³-hybridized carbons (Fsp3) is 0.200. The molecule has 0 aromatic heterocycles. The van der Waals surface area contributed by atoms with Crippen molar-refractivity contribution in [3.8, 4) is 11.5 Å². The fourth-order valence-corrected chi connectivity index (χ4v) is 2.08.